The summed E-state index contributed by atoms with van der Waals surface area (Å²) in [5.74, 6) is 0. The smallest absolute Gasteiger partial charge is 0.323 e. The van der Waals surface area contributed by atoms with Crippen LogP contribution in [-0.4, -0.2) is 9.99 Å². The van der Waals surface area contributed by atoms with Gasteiger partial charge in [-0.25, -0.2) is 0 Å². The summed E-state index contributed by atoms with van der Waals surface area (Å²) in [6, 6.07) is 13.0. The van der Waals surface area contributed by atoms with Gasteiger partial charge in [-0.15, -0.1) is 0 Å². The fourth-order valence-electron chi connectivity index (χ4n) is 1.52. The van der Waals surface area contributed by atoms with E-state index in [4.69, 9.17) is 4.55 Å². The lowest BCUT2D eigenvalue weighted by atomic mass is 10.1. The standard InChI is InChI=1S/C12H10F2O2S/c13-12(14,17-15)16-8-9-5-6-10-3-1-2-4-11(10)7-9/h1-7,15H,8H2. The first-order valence-electron chi connectivity index (χ1n) is 4.93. The molecule has 2 nitrogen and oxygen atoms in total. The Labute approximate surface area is 101 Å². The summed E-state index contributed by atoms with van der Waals surface area (Å²) in [5, 5.41) is 2.01. The minimum atomic E-state index is -3.56. The molecule has 0 atom stereocenters. The fraction of sp³-hybridized carbons (Fsp3) is 0.167. The molecule has 0 aliphatic carbocycles. The van der Waals surface area contributed by atoms with Gasteiger partial charge in [-0.2, -0.15) is 8.78 Å². The molecule has 0 saturated carbocycles. The van der Waals surface area contributed by atoms with E-state index in [1.807, 2.05) is 30.3 Å². The van der Waals surface area contributed by atoms with E-state index in [1.54, 1.807) is 12.1 Å². The summed E-state index contributed by atoms with van der Waals surface area (Å²) in [6.07, 6.45) is 0. The second kappa shape index (κ2) is 5.00. The molecule has 0 spiro atoms. The molecule has 0 bridgehead atoms. The van der Waals surface area contributed by atoms with Crippen molar-refractivity contribution in [2.75, 3.05) is 0 Å². The molecule has 0 unspecified atom stereocenters. The van der Waals surface area contributed by atoms with E-state index in [1.165, 1.54) is 0 Å². The zero-order chi connectivity index (χ0) is 12.3. The fourth-order valence-corrected chi connectivity index (χ4v) is 1.63. The van der Waals surface area contributed by atoms with Crippen LogP contribution in [-0.2, 0) is 11.3 Å². The third-order valence-electron chi connectivity index (χ3n) is 2.33. The summed E-state index contributed by atoms with van der Waals surface area (Å²) < 4.78 is 37.9. The van der Waals surface area contributed by atoms with Gasteiger partial charge in [-0.1, -0.05) is 36.4 Å². The highest BCUT2D eigenvalue weighted by Gasteiger charge is 2.30. The molecule has 0 heterocycles. The van der Waals surface area contributed by atoms with Crippen molar-refractivity contribution in [3.63, 3.8) is 0 Å². The number of hydrogen-bond donors (Lipinski definition) is 1. The predicted octanol–water partition coefficient (Wildman–Crippen LogP) is 4.11. The molecule has 0 amide bonds. The zero-order valence-electron chi connectivity index (χ0n) is 8.77. The Morgan fingerprint density at radius 1 is 1.12 bits per heavy atom. The van der Waals surface area contributed by atoms with Crippen molar-refractivity contribution in [1.82, 2.24) is 0 Å². The van der Waals surface area contributed by atoms with Crippen molar-refractivity contribution in [2.24, 2.45) is 0 Å². The van der Waals surface area contributed by atoms with Crippen molar-refractivity contribution < 1.29 is 18.1 Å². The van der Waals surface area contributed by atoms with Crippen LogP contribution in [0.2, 0.25) is 0 Å². The molecule has 0 fully saturated rings. The first-order chi connectivity index (χ1) is 8.11. The van der Waals surface area contributed by atoms with Gasteiger partial charge in [0.25, 0.3) is 0 Å². The largest absolute Gasteiger partial charge is 0.433 e. The summed E-state index contributed by atoms with van der Waals surface area (Å²) in [6.45, 7) is -0.245. The highest BCUT2D eigenvalue weighted by Crippen LogP contribution is 2.28. The van der Waals surface area contributed by atoms with Crippen LogP contribution in [0, 0.1) is 0 Å². The summed E-state index contributed by atoms with van der Waals surface area (Å²) >= 11 is -0.606. The third kappa shape index (κ3) is 3.15. The lowest BCUT2D eigenvalue weighted by Crippen LogP contribution is -2.14. The van der Waals surface area contributed by atoms with E-state index in [0.717, 1.165) is 10.8 Å². The first kappa shape index (κ1) is 12.3. The lowest BCUT2D eigenvalue weighted by molar-refractivity contribution is -0.173. The average Bonchev–Trinajstić information content (AvgIpc) is 2.36. The molecular weight excluding hydrogens is 246 g/mol. The molecule has 0 radical (unpaired) electrons. The van der Waals surface area contributed by atoms with E-state index in [-0.39, 0.29) is 6.61 Å². The Balaban J connectivity index is 2.14. The predicted molar refractivity (Wildman–Crippen MR) is 63.9 cm³/mol. The zero-order valence-corrected chi connectivity index (χ0v) is 9.58. The van der Waals surface area contributed by atoms with Crippen LogP contribution in [0.15, 0.2) is 42.5 Å². The Bertz CT molecular complexity index is 517. The Hall–Kier alpha value is -1.17. The minimum Gasteiger partial charge on any atom is -0.323 e. The molecule has 0 aliphatic heterocycles. The van der Waals surface area contributed by atoms with Gasteiger partial charge in [0.05, 0.1) is 18.6 Å². The van der Waals surface area contributed by atoms with Crippen molar-refractivity contribution in [3.8, 4) is 0 Å². The molecule has 1 N–H and O–H groups in total. The number of benzene rings is 2. The van der Waals surface area contributed by atoms with Gasteiger partial charge in [0, 0.05) is 0 Å². The maximum atomic E-state index is 12.6. The van der Waals surface area contributed by atoms with Gasteiger partial charge in [-0.05, 0) is 22.4 Å². The molecular formula is C12H10F2O2S. The maximum Gasteiger partial charge on any atom is 0.433 e. The molecule has 2 aromatic carbocycles. The number of halogens is 2. The van der Waals surface area contributed by atoms with Gasteiger partial charge in [-0.3, -0.25) is 0 Å². The lowest BCUT2D eigenvalue weighted by Gasteiger charge is -2.12. The molecule has 90 valence electrons. The normalized spacial score (nSPS) is 11.9. The number of rotatable bonds is 4. The molecule has 17 heavy (non-hydrogen) atoms. The topological polar surface area (TPSA) is 29.5 Å². The molecule has 0 aromatic heterocycles. The van der Waals surface area contributed by atoms with E-state index in [9.17, 15) is 8.78 Å². The van der Waals surface area contributed by atoms with Crippen molar-refractivity contribution in [2.45, 2.75) is 12.0 Å². The first-order valence-corrected chi connectivity index (χ1v) is 5.70. The second-order valence-electron chi connectivity index (χ2n) is 3.52. The van der Waals surface area contributed by atoms with Gasteiger partial charge in [0.15, 0.2) is 0 Å². The van der Waals surface area contributed by atoms with E-state index in [2.05, 4.69) is 4.74 Å². The summed E-state index contributed by atoms with van der Waals surface area (Å²) in [7, 11) is 0. The van der Waals surface area contributed by atoms with Crippen molar-refractivity contribution in [3.05, 3.63) is 48.0 Å². The average molecular weight is 256 g/mol. The number of ether oxygens (including phenoxy) is 1. The van der Waals surface area contributed by atoms with E-state index in [0.29, 0.717) is 5.56 Å². The van der Waals surface area contributed by atoms with Crippen molar-refractivity contribution >= 4 is 22.8 Å². The maximum absolute atomic E-state index is 12.6. The van der Waals surface area contributed by atoms with Crippen LogP contribution in [0.25, 0.3) is 10.8 Å². The molecule has 2 rings (SSSR count). The van der Waals surface area contributed by atoms with Crippen molar-refractivity contribution in [1.29, 1.82) is 0 Å². The molecule has 5 heteroatoms. The number of fused-ring (bicyclic) bond motifs is 1. The third-order valence-corrected chi connectivity index (χ3v) is 2.66. The van der Waals surface area contributed by atoms with Crippen LogP contribution >= 0.6 is 12.0 Å². The molecule has 0 saturated heterocycles. The van der Waals surface area contributed by atoms with Crippen LogP contribution < -0.4 is 0 Å². The Kier molecular flexibility index (Phi) is 3.61. The van der Waals surface area contributed by atoms with Gasteiger partial charge in [0.2, 0.25) is 0 Å². The summed E-state index contributed by atoms with van der Waals surface area (Å²) in [4.78, 5) is 0. The van der Waals surface area contributed by atoms with Crippen LogP contribution in [0.4, 0.5) is 8.78 Å². The van der Waals surface area contributed by atoms with Gasteiger partial charge in [0.1, 0.15) is 0 Å². The van der Waals surface area contributed by atoms with Crippen LogP contribution in [0.5, 0.6) is 0 Å². The quantitative estimate of drug-likeness (QED) is 0.659. The number of alkyl halides is 2. The molecule has 0 aliphatic rings. The monoisotopic (exact) mass is 256 g/mol. The highest BCUT2D eigenvalue weighted by molar-refractivity contribution is 7.94. The SMILES string of the molecule is OSC(F)(F)OCc1ccc2ccccc2c1. The van der Waals surface area contributed by atoms with E-state index < -0.39 is 17.5 Å². The van der Waals surface area contributed by atoms with Gasteiger partial charge >= 0.3 is 5.44 Å². The summed E-state index contributed by atoms with van der Waals surface area (Å²) in [5.41, 5.74) is -2.93. The Morgan fingerprint density at radius 3 is 2.53 bits per heavy atom. The highest BCUT2D eigenvalue weighted by atomic mass is 32.2. The van der Waals surface area contributed by atoms with E-state index >= 15 is 0 Å². The molecule has 2 aromatic rings. The van der Waals surface area contributed by atoms with Crippen LogP contribution in [0.3, 0.4) is 0 Å². The second-order valence-corrected chi connectivity index (χ2v) is 4.18. The van der Waals surface area contributed by atoms with Crippen LogP contribution in [0.1, 0.15) is 5.56 Å². The minimum absolute atomic E-state index is 0.245. The Morgan fingerprint density at radius 2 is 1.82 bits per heavy atom. The number of hydrogen-bond acceptors (Lipinski definition) is 3. The van der Waals surface area contributed by atoms with Gasteiger partial charge < -0.3 is 9.29 Å².